The molecule has 0 aliphatic carbocycles. The zero-order valence-corrected chi connectivity index (χ0v) is 12.8. The van der Waals surface area contributed by atoms with E-state index in [0.717, 1.165) is 32.6 Å². The van der Waals surface area contributed by atoms with Crippen LogP contribution in [0.3, 0.4) is 0 Å². The van der Waals surface area contributed by atoms with Gasteiger partial charge < -0.3 is 15.3 Å². The third-order valence-corrected chi connectivity index (χ3v) is 3.98. The van der Waals surface area contributed by atoms with Crippen molar-refractivity contribution in [2.45, 2.75) is 45.7 Å². The molecule has 0 aromatic rings. The van der Waals surface area contributed by atoms with Crippen LogP contribution in [0.4, 0.5) is 0 Å². The first kappa shape index (κ1) is 16.9. The maximum Gasteiger partial charge on any atom is 0.304 e. The SMILES string of the molecule is CCC(C)NC(=O)C(C)N1CCN(CCC(=O)O)CC1. The van der Waals surface area contributed by atoms with E-state index in [4.69, 9.17) is 5.11 Å². The number of amides is 1. The highest BCUT2D eigenvalue weighted by Gasteiger charge is 2.25. The van der Waals surface area contributed by atoms with Gasteiger partial charge >= 0.3 is 5.97 Å². The van der Waals surface area contributed by atoms with E-state index in [1.165, 1.54) is 0 Å². The van der Waals surface area contributed by atoms with Crippen LogP contribution < -0.4 is 5.32 Å². The Hall–Kier alpha value is -1.14. The zero-order valence-electron chi connectivity index (χ0n) is 12.8. The zero-order chi connectivity index (χ0) is 15.1. The van der Waals surface area contributed by atoms with Gasteiger partial charge in [0, 0.05) is 38.8 Å². The molecule has 1 heterocycles. The molecule has 0 saturated carbocycles. The highest BCUT2D eigenvalue weighted by molar-refractivity contribution is 5.81. The average Bonchev–Trinajstić information content (AvgIpc) is 2.44. The van der Waals surface area contributed by atoms with Gasteiger partial charge in [0.1, 0.15) is 0 Å². The van der Waals surface area contributed by atoms with Gasteiger partial charge in [0.05, 0.1) is 12.5 Å². The van der Waals surface area contributed by atoms with Crippen LogP contribution in [0.5, 0.6) is 0 Å². The van der Waals surface area contributed by atoms with Gasteiger partial charge in [-0.3, -0.25) is 14.5 Å². The first-order valence-electron chi connectivity index (χ1n) is 7.42. The van der Waals surface area contributed by atoms with Gasteiger partial charge in [-0.2, -0.15) is 0 Å². The van der Waals surface area contributed by atoms with Crippen molar-refractivity contribution in [1.82, 2.24) is 15.1 Å². The number of carboxylic acid groups (broad SMARTS) is 1. The van der Waals surface area contributed by atoms with Crippen LogP contribution >= 0.6 is 0 Å². The predicted octanol–water partition coefficient (Wildman–Crippen LogP) is 0.382. The Morgan fingerprint density at radius 3 is 2.30 bits per heavy atom. The molecule has 20 heavy (non-hydrogen) atoms. The van der Waals surface area contributed by atoms with E-state index in [1.54, 1.807) is 0 Å². The summed E-state index contributed by atoms with van der Waals surface area (Å²) in [4.78, 5) is 26.9. The van der Waals surface area contributed by atoms with Gasteiger partial charge in [-0.15, -0.1) is 0 Å². The van der Waals surface area contributed by atoms with Crippen molar-refractivity contribution in [2.24, 2.45) is 0 Å². The van der Waals surface area contributed by atoms with Gasteiger partial charge in [-0.25, -0.2) is 0 Å². The molecule has 1 aliphatic rings. The van der Waals surface area contributed by atoms with Crippen molar-refractivity contribution in [3.63, 3.8) is 0 Å². The van der Waals surface area contributed by atoms with E-state index in [1.807, 2.05) is 13.8 Å². The van der Waals surface area contributed by atoms with Crippen LogP contribution in [-0.2, 0) is 9.59 Å². The smallest absolute Gasteiger partial charge is 0.304 e. The standard InChI is InChI=1S/C14H27N3O3/c1-4-11(2)15-14(20)12(3)17-9-7-16(8-10-17)6-5-13(18)19/h11-12H,4-10H2,1-3H3,(H,15,20)(H,18,19). The summed E-state index contributed by atoms with van der Waals surface area (Å²) in [7, 11) is 0. The third kappa shape index (κ3) is 5.46. The summed E-state index contributed by atoms with van der Waals surface area (Å²) in [5, 5.41) is 11.7. The molecule has 1 saturated heterocycles. The fourth-order valence-corrected chi connectivity index (χ4v) is 2.26. The second-order valence-electron chi connectivity index (χ2n) is 5.52. The maximum atomic E-state index is 12.1. The molecule has 0 spiro atoms. The molecule has 1 amide bonds. The van der Waals surface area contributed by atoms with Crippen molar-refractivity contribution in [3.05, 3.63) is 0 Å². The molecule has 2 N–H and O–H groups in total. The third-order valence-electron chi connectivity index (χ3n) is 3.98. The number of aliphatic carboxylic acids is 1. The summed E-state index contributed by atoms with van der Waals surface area (Å²) in [5.41, 5.74) is 0. The number of piperazine rings is 1. The summed E-state index contributed by atoms with van der Waals surface area (Å²) in [6.07, 6.45) is 1.12. The monoisotopic (exact) mass is 285 g/mol. The van der Waals surface area contributed by atoms with E-state index < -0.39 is 5.97 Å². The Bertz CT molecular complexity index is 328. The maximum absolute atomic E-state index is 12.1. The molecule has 0 aromatic heterocycles. The van der Waals surface area contributed by atoms with E-state index in [0.29, 0.717) is 6.54 Å². The molecular formula is C14H27N3O3. The lowest BCUT2D eigenvalue weighted by atomic mass is 10.2. The lowest BCUT2D eigenvalue weighted by molar-refractivity contribution is -0.137. The molecule has 0 aromatic carbocycles. The van der Waals surface area contributed by atoms with Gasteiger partial charge in [0.15, 0.2) is 0 Å². The van der Waals surface area contributed by atoms with Crippen molar-refractivity contribution >= 4 is 11.9 Å². The molecule has 6 nitrogen and oxygen atoms in total. The van der Waals surface area contributed by atoms with E-state index in [9.17, 15) is 9.59 Å². The fourth-order valence-electron chi connectivity index (χ4n) is 2.26. The summed E-state index contributed by atoms with van der Waals surface area (Å²) < 4.78 is 0. The molecule has 1 rings (SSSR count). The summed E-state index contributed by atoms with van der Waals surface area (Å²) in [5.74, 6) is -0.674. The second kappa shape index (κ2) is 8.21. The number of hydrogen-bond acceptors (Lipinski definition) is 4. The first-order valence-corrected chi connectivity index (χ1v) is 7.42. The van der Waals surface area contributed by atoms with Gasteiger partial charge in [0.25, 0.3) is 0 Å². The quantitative estimate of drug-likeness (QED) is 0.707. The number of nitrogens with one attached hydrogen (secondary N) is 1. The Morgan fingerprint density at radius 1 is 1.20 bits per heavy atom. The number of carboxylic acids is 1. The summed E-state index contributed by atoms with van der Waals surface area (Å²) in [6.45, 7) is 9.87. The Balaban J connectivity index is 2.33. The molecule has 0 bridgehead atoms. The van der Waals surface area contributed by atoms with Gasteiger partial charge in [0.2, 0.25) is 5.91 Å². The van der Waals surface area contributed by atoms with E-state index >= 15 is 0 Å². The molecule has 1 aliphatic heterocycles. The van der Waals surface area contributed by atoms with Crippen molar-refractivity contribution in [2.75, 3.05) is 32.7 Å². The summed E-state index contributed by atoms with van der Waals surface area (Å²) >= 11 is 0. The molecular weight excluding hydrogens is 258 g/mol. The number of carbonyl (C=O) groups is 2. The molecule has 2 atom stereocenters. The highest BCUT2D eigenvalue weighted by Crippen LogP contribution is 2.07. The lowest BCUT2D eigenvalue weighted by Crippen LogP contribution is -2.54. The number of nitrogens with zero attached hydrogens (tertiary/aromatic N) is 2. The topological polar surface area (TPSA) is 72.9 Å². The largest absolute Gasteiger partial charge is 0.481 e. The fraction of sp³-hybridized carbons (Fsp3) is 0.857. The van der Waals surface area contributed by atoms with Crippen LogP contribution in [0.1, 0.15) is 33.6 Å². The summed E-state index contributed by atoms with van der Waals surface area (Å²) in [6, 6.07) is 0.0902. The molecule has 1 fully saturated rings. The highest BCUT2D eigenvalue weighted by atomic mass is 16.4. The normalized spacial score (nSPS) is 20.4. The van der Waals surface area contributed by atoms with Crippen molar-refractivity contribution in [1.29, 1.82) is 0 Å². The van der Waals surface area contributed by atoms with Gasteiger partial charge in [-0.05, 0) is 20.3 Å². The Kier molecular flexibility index (Phi) is 6.95. The molecule has 2 unspecified atom stereocenters. The molecule has 0 radical (unpaired) electrons. The molecule has 6 heteroatoms. The molecule has 116 valence electrons. The van der Waals surface area contributed by atoms with E-state index in [2.05, 4.69) is 22.0 Å². The van der Waals surface area contributed by atoms with Crippen LogP contribution in [0.25, 0.3) is 0 Å². The number of carbonyl (C=O) groups excluding carboxylic acids is 1. The van der Waals surface area contributed by atoms with Crippen LogP contribution in [0.15, 0.2) is 0 Å². The predicted molar refractivity (Wildman–Crippen MR) is 77.6 cm³/mol. The van der Waals surface area contributed by atoms with Crippen molar-refractivity contribution < 1.29 is 14.7 Å². The minimum atomic E-state index is -0.756. The van der Waals surface area contributed by atoms with E-state index in [-0.39, 0.29) is 24.4 Å². The average molecular weight is 285 g/mol. The first-order chi connectivity index (χ1) is 9.43. The minimum absolute atomic E-state index is 0.0818. The lowest BCUT2D eigenvalue weighted by Gasteiger charge is -2.37. The minimum Gasteiger partial charge on any atom is -0.481 e. The van der Waals surface area contributed by atoms with Crippen LogP contribution in [0.2, 0.25) is 0 Å². The van der Waals surface area contributed by atoms with Crippen LogP contribution in [0, 0.1) is 0 Å². The second-order valence-corrected chi connectivity index (χ2v) is 5.52. The Labute approximate surface area is 121 Å². The van der Waals surface area contributed by atoms with Crippen LogP contribution in [-0.4, -0.2) is 71.6 Å². The Morgan fingerprint density at radius 2 is 1.80 bits per heavy atom. The van der Waals surface area contributed by atoms with Gasteiger partial charge in [-0.1, -0.05) is 6.92 Å². The number of hydrogen-bond donors (Lipinski definition) is 2. The number of rotatable bonds is 7. The van der Waals surface area contributed by atoms with Crippen molar-refractivity contribution in [3.8, 4) is 0 Å².